The number of aryl methyl sites for hydroxylation is 4. The lowest BCUT2D eigenvalue weighted by molar-refractivity contribution is -0.153. The summed E-state index contributed by atoms with van der Waals surface area (Å²) in [6.45, 7) is 8.70. The second kappa shape index (κ2) is 31.2. The third-order valence-corrected chi connectivity index (χ3v) is 17.7. The monoisotopic (exact) mass is 1180 g/mol. The maximum atomic E-state index is 13.8. The molecule has 6 aromatic carbocycles. The van der Waals surface area contributed by atoms with Crippen molar-refractivity contribution in [3.05, 3.63) is 178 Å². The number of hydrogen-bond acceptors (Lipinski definition) is 12. The summed E-state index contributed by atoms with van der Waals surface area (Å²) < 4.78 is 35.3. The third kappa shape index (κ3) is 17.2. The van der Waals surface area contributed by atoms with Crippen LogP contribution in [-0.4, -0.2) is 48.0 Å². The lowest BCUT2D eigenvalue weighted by Gasteiger charge is -2.33. The first-order valence-electron chi connectivity index (χ1n) is 32.2. The average molecular weight is 1180 g/mol. The molecule has 2 fully saturated rings. The summed E-state index contributed by atoms with van der Waals surface area (Å²) in [6, 6.07) is 41.3. The predicted octanol–water partition coefficient (Wildman–Crippen LogP) is 16.7. The van der Waals surface area contributed by atoms with Crippen LogP contribution in [0.3, 0.4) is 0 Å². The van der Waals surface area contributed by atoms with Crippen LogP contribution in [0.1, 0.15) is 210 Å². The van der Waals surface area contributed by atoms with Crippen molar-refractivity contribution in [1.82, 2.24) is 0 Å². The lowest BCUT2D eigenvalue weighted by Crippen LogP contribution is -2.30. The molecule has 0 spiro atoms. The Balaban J connectivity index is 0.769. The van der Waals surface area contributed by atoms with Gasteiger partial charge in [-0.2, -0.15) is 0 Å². The lowest BCUT2D eigenvalue weighted by atomic mass is 9.70. The van der Waals surface area contributed by atoms with Crippen molar-refractivity contribution < 1.29 is 57.2 Å². The van der Waals surface area contributed by atoms with Crippen molar-refractivity contribution in [2.45, 2.75) is 199 Å². The van der Waals surface area contributed by atoms with Gasteiger partial charge in [0.15, 0.2) is 0 Å². The van der Waals surface area contributed by atoms with E-state index in [1.165, 1.54) is 11.1 Å². The number of benzene rings is 6. The Kier molecular flexibility index (Phi) is 22.8. The fourth-order valence-electron chi connectivity index (χ4n) is 12.8. The highest BCUT2D eigenvalue weighted by Gasteiger charge is 2.43. The van der Waals surface area contributed by atoms with Gasteiger partial charge in [-0.1, -0.05) is 140 Å². The van der Waals surface area contributed by atoms with Crippen LogP contribution < -0.4 is 18.9 Å². The van der Waals surface area contributed by atoms with Crippen LogP contribution in [0.4, 0.5) is 0 Å². The molecule has 0 saturated heterocycles. The number of carbonyl (C=O) groups excluding carboxylic acids is 6. The number of fused-ring (bicyclic) bond motifs is 3. The zero-order valence-corrected chi connectivity index (χ0v) is 51.4. The van der Waals surface area contributed by atoms with Crippen LogP contribution in [-0.2, 0) is 59.8 Å². The first kappa shape index (κ1) is 63.6. The minimum atomic E-state index is -0.543. The smallest absolute Gasteiger partial charge is 0.343 e. The normalized spacial score (nSPS) is 17.5. The van der Waals surface area contributed by atoms with E-state index in [4.69, 9.17) is 28.4 Å². The van der Waals surface area contributed by atoms with Crippen molar-refractivity contribution in [3.63, 3.8) is 0 Å². The van der Waals surface area contributed by atoms with Crippen LogP contribution in [0.5, 0.6) is 23.0 Å². The molecule has 0 aliphatic heterocycles. The molecule has 0 heterocycles. The zero-order valence-electron chi connectivity index (χ0n) is 51.4. The SMILES string of the molecule is CCCCCC1(CCCCC)c2cc(OC(=O)c3ccc(OC(=O)C4CCC(OC(=O)CCc5ccc(CCC)cc5)CC4)cc3)ccc2-c2ccc(OC(=O)c3ccc(OC(=O)C4CCC(OC(=O)CCc5ccc(CCC)cc5)CC4)cc3)cc21. The molecular weight excluding hydrogens is 1090 g/mol. The van der Waals surface area contributed by atoms with Gasteiger partial charge in [0.05, 0.1) is 23.0 Å². The van der Waals surface area contributed by atoms with Gasteiger partial charge in [0.2, 0.25) is 0 Å². The Morgan fingerprint density at radius 1 is 0.379 bits per heavy atom. The van der Waals surface area contributed by atoms with Gasteiger partial charge in [0.1, 0.15) is 35.2 Å². The number of hydrogen-bond donors (Lipinski definition) is 0. The molecule has 0 amide bonds. The van der Waals surface area contributed by atoms with Crippen LogP contribution in [0.25, 0.3) is 11.1 Å². The molecule has 0 aromatic heterocycles. The molecule has 6 aromatic rings. The molecule has 12 heteroatoms. The Morgan fingerprint density at radius 2 is 0.724 bits per heavy atom. The molecule has 458 valence electrons. The molecule has 12 nitrogen and oxygen atoms in total. The third-order valence-electron chi connectivity index (χ3n) is 17.7. The predicted molar refractivity (Wildman–Crippen MR) is 336 cm³/mol. The number of carbonyl (C=O) groups is 6. The van der Waals surface area contributed by atoms with E-state index in [9.17, 15) is 28.8 Å². The van der Waals surface area contributed by atoms with Gasteiger partial charge in [-0.15, -0.1) is 0 Å². The Bertz CT molecular complexity index is 3050. The molecule has 87 heavy (non-hydrogen) atoms. The minimum absolute atomic E-state index is 0.218. The van der Waals surface area contributed by atoms with Gasteiger partial charge in [-0.25, -0.2) is 9.59 Å². The molecular formula is C75H86O12. The number of esters is 6. The van der Waals surface area contributed by atoms with Crippen LogP contribution in [0.15, 0.2) is 133 Å². The van der Waals surface area contributed by atoms with E-state index in [-0.39, 0.29) is 47.9 Å². The number of unbranched alkanes of at least 4 members (excludes halogenated alkanes) is 4. The van der Waals surface area contributed by atoms with Crippen molar-refractivity contribution in [2.24, 2.45) is 11.8 Å². The minimum Gasteiger partial charge on any atom is -0.462 e. The van der Waals surface area contributed by atoms with E-state index in [2.05, 4.69) is 76.2 Å². The van der Waals surface area contributed by atoms with Crippen molar-refractivity contribution in [2.75, 3.05) is 0 Å². The topological polar surface area (TPSA) is 158 Å². The second-order valence-corrected chi connectivity index (χ2v) is 24.1. The maximum absolute atomic E-state index is 13.8. The van der Waals surface area contributed by atoms with Crippen molar-refractivity contribution >= 4 is 35.8 Å². The summed E-state index contributed by atoms with van der Waals surface area (Å²) in [6.07, 6.45) is 18.2. The fraction of sp³-hybridized carbons (Fsp3) is 0.440. The Hall–Kier alpha value is -7.86. The van der Waals surface area contributed by atoms with E-state index in [0.29, 0.717) is 111 Å². The first-order valence-corrected chi connectivity index (χ1v) is 32.2. The summed E-state index contributed by atoms with van der Waals surface area (Å²) in [5.74, 6) is -1.37. The van der Waals surface area contributed by atoms with E-state index in [1.807, 2.05) is 36.4 Å². The Labute approximate surface area is 514 Å². The molecule has 3 aliphatic rings. The van der Waals surface area contributed by atoms with Gasteiger partial charge in [-0.3, -0.25) is 19.2 Å². The number of ether oxygens (including phenoxy) is 6. The van der Waals surface area contributed by atoms with Crippen LogP contribution >= 0.6 is 0 Å². The first-order chi connectivity index (χ1) is 42.3. The molecule has 3 aliphatic carbocycles. The average Bonchev–Trinajstić information content (AvgIpc) is 1.63. The molecule has 0 radical (unpaired) electrons. The second-order valence-electron chi connectivity index (χ2n) is 24.1. The highest BCUT2D eigenvalue weighted by atomic mass is 16.6. The molecule has 2 saturated carbocycles. The van der Waals surface area contributed by atoms with Gasteiger partial charge in [-0.05, 0) is 207 Å². The summed E-state index contributed by atoms with van der Waals surface area (Å²) in [4.78, 5) is 79.5. The van der Waals surface area contributed by atoms with Crippen LogP contribution in [0, 0.1) is 11.8 Å². The molecule has 9 rings (SSSR count). The zero-order chi connectivity index (χ0) is 61.1. The maximum Gasteiger partial charge on any atom is 0.343 e. The molecule has 0 N–H and O–H groups in total. The molecule has 0 unspecified atom stereocenters. The highest BCUT2D eigenvalue weighted by Crippen LogP contribution is 2.56. The van der Waals surface area contributed by atoms with E-state index in [0.717, 1.165) is 110 Å². The van der Waals surface area contributed by atoms with Gasteiger partial charge >= 0.3 is 35.8 Å². The quantitative estimate of drug-likeness (QED) is 0.0260. The standard InChI is InChI=1S/C75H86O12/c1-5-9-11-47-75(48-12-10-6-2)67-49-63(86-73(80)57-29-37-61(38-30-57)84-71(78)55-25-33-59(34-26-55)82-69(76)45-23-53-19-15-51(13-7-3)16-20-53)41-43-65(67)66-44-42-64(50-68(66)75)87-74(81)58-31-39-62(40-32-58)85-72(79)56-27-35-60(36-28-56)83-70(77)46-24-54-21-17-52(14-8-4)18-22-54/h15-22,29-32,37-44,49-50,55-56,59-60H,5-14,23-28,33-36,45-48H2,1-4H3. The van der Waals surface area contributed by atoms with Crippen molar-refractivity contribution in [3.8, 4) is 34.1 Å². The van der Waals surface area contributed by atoms with E-state index >= 15 is 0 Å². The summed E-state index contributed by atoms with van der Waals surface area (Å²) in [7, 11) is 0. The van der Waals surface area contributed by atoms with Gasteiger partial charge < -0.3 is 28.4 Å². The number of rotatable bonds is 28. The molecule has 0 atom stereocenters. The largest absolute Gasteiger partial charge is 0.462 e. The van der Waals surface area contributed by atoms with E-state index < -0.39 is 17.4 Å². The Morgan fingerprint density at radius 3 is 1.07 bits per heavy atom. The van der Waals surface area contributed by atoms with Crippen LogP contribution in [0.2, 0.25) is 0 Å². The van der Waals surface area contributed by atoms with Gasteiger partial charge in [0.25, 0.3) is 0 Å². The van der Waals surface area contributed by atoms with Gasteiger partial charge in [0, 0.05) is 18.3 Å². The summed E-state index contributed by atoms with van der Waals surface area (Å²) in [5.41, 5.74) is 9.24. The van der Waals surface area contributed by atoms with Crippen molar-refractivity contribution in [1.29, 1.82) is 0 Å². The fourth-order valence-corrected chi connectivity index (χ4v) is 12.8. The summed E-state index contributed by atoms with van der Waals surface area (Å²) in [5, 5.41) is 0. The molecule has 0 bridgehead atoms. The van der Waals surface area contributed by atoms with E-state index in [1.54, 1.807) is 48.5 Å². The highest BCUT2D eigenvalue weighted by molar-refractivity contribution is 5.93. The summed E-state index contributed by atoms with van der Waals surface area (Å²) >= 11 is 0.